The van der Waals surface area contributed by atoms with Gasteiger partial charge in [0.25, 0.3) is 5.91 Å². The van der Waals surface area contributed by atoms with E-state index in [1.807, 2.05) is 5.32 Å². The zero-order valence-corrected chi connectivity index (χ0v) is 18.5. The number of alkyl halides is 1. The summed E-state index contributed by atoms with van der Waals surface area (Å²) in [6.07, 6.45) is -1.15. The highest BCUT2D eigenvalue weighted by Gasteiger charge is 2.61. The number of sulfonamides is 1. The number of rotatable bonds is 3. The van der Waals surface area contributed by atoms with Gasteiger partial charge in [0, 0.05) is 13.2 Å². The van der Waals surface area contributed by atoms with Gasteiger partial charge in [0.2, 0.25) is 16.0 Å². The number of halogens is 5. The summed E-state index contributed by atoms with van der Waals surface area (Å²) >= 11 is 5.58. The van der Waals surface area contributed by atoms with Gasteiger partial charge in [0.15, 0.2) is 23.5 Å². The molecular formula is C18H18ClF4N5O3S. The van der Waals surface area contributed by atoms with E-state index < -0.39 is 73.6 Å². The van der Waals surface area contributed by atoms with Gasteiger partial charge in [-0.15, -0.1) is 0 Å². The molecule has 3 atom stereocenters. The molecule has 2 aliphatic rings. The maximum Gasteiger partial charge on any atom is 0.277 e. The summed E-state index contributed by atoms with van der Waals surface area (Å²) in [7, 11) is -3.04. The van der Waals surface area contributed by atoms with E-state index in [1.54, 1.807) is 0 Å². The Bertz CT molecular complexity index is 1200. The first-order valence-corrected chi connectivity index (χ1v) is 11.0. The maximum absolute atomic E-state index is 15.7. The molecule has 14 heteroatoms. The maximum atomic E-state index is 15.7. The molecule has 3 rings (SSSR count). The van der Waals surface area contributed by atoms with E-state index in [0.29, 0.717) is 10.4 Å². The molecule has 0 radical (unpaired) electrons. The largest absolute Gasteiger partial charge is 0.369 e. The molecule has 0 fully saturated rings. The van der Waals surface area contributed by atoms with Gasteiger partial charge in [-0.2, -0.15) is 0 Å². The standard InChI is InChI=1S/C18H18ClF4N5O3S/c1-17(7-32(30,31)28(3)16(24)27-17)18(2)13(22)10(21)5-11(14(18)23)26-15(29)12-9(20)4-8(19)6-25-12/h4-6,14H,7H2,1-3H3,(H2,24,27)(H,26,29)/t14?,17-,18?/m0/s1. The minimum Gasteiger partial charge on any atom is -0.369 e. The summed E-state index contributed by atoms with van der Waals surface area (Å²) in [6, 6.07) is 0.790. The second-order valence-corrected chi connectivity index (χ2v) is 10.2. The van der Waals surface area contributed by atoms with E-state index in [0.717, 1.165) is 33.2 Å². The molecule has 1 amide bonds. The summed E-state index contributed by atoms with van der Waals surface area (Å²) < 4.78 is 84.8. The zero-order valence-electron chi connectivity index (χ0n) is 17.0. The number of nitrogens with two attached hydrogens (primary N) is 1. The van der Waals surface area contributed by atoms with Crippen LogP contribution in [-0.4, -0.2) is 54.1 Å². The van der Waals surface area contributed by atoms with Crippen molar-refractivity contribution in [2.75, 3.05) is 12.8 Å². The Morgan fingerprint density at radius 1 is 1.34 bits per heavy atom. The molecule has 1 aromatic heterocycles. The molecular weight excluding hydrogens is 478 g/mol. The molecule has 174 valence electrons. The third kappa shape index (κ3) is 3.62. The molecule has 0 spiro atoms. The number of aromatic nitrogens is 1. The van der Waals surface area contributed by atoms with Crippen LogP contribution in [0, 0.1) is 11.2 Å². The number of hydrogen-bond acceptors (Lipinski definition) is 6. The quantitative estimate of drug-likeness (QED) is 0.624. The van der Waals surface area contributed by atoms with Crippen molar-refractivity contribution in [1.82, 2.24) is 14.6 Å². The van der Waals surface area contributed by atoms with Crippen LogP contribution in [0.3, 0.4) is 0 Å². The fourth-order valence-corrected chi connectivity index (χ4v) is 5.28. The van der Waals surface area contributed by atoms with Gasteiger partial charge in [-0.3, -0.25) is 4.79 Å². The minimum atomic E-state index is -4.14. The number of amides is 1. The van der Waals surface area contributed by atoms with E-state index in [2.05, 4.69) is 9.98 Å². The molecule has 1 aromatic rings. The number of nitrogens with one attached hydrogen (secondary N) is 1. The Kier molecular flexibility index (Phi) is 5.79. The molecule has 8 nitrogen and oxygen atoms in total. The molecule has 0 saturated heterocycles. The molecule has 0 bridgehead atoms. The van der Waals surface area contributed by atoms with Crippen molar-refractivity contribution in [3.63, 3.8) is 0 Å². The number of guanidine groups is 1. The van der Waals surface area contributed by atoms with E-state index in [-0.39, 0.29) is 5.02 Å². The number of nitrogens with zero attached hydrogens (tertiary/aromatic N) is 3. The molecule has 1 aliphatic carbocycles. The minimum absolute atomic E-state index is 0.102. The fraction of sp³-hybridized carbons (Fsp3) is 0.389. The van der Waals surface area contributed by atoms with E-state index in [1.165, 1.54) is 0 Å². The van der Waals surface area contributed by atoms with Gasteiger partial charge >= 0.3 is 0 Å². The monoisotopic (exact) mass is 495 g/mol. The van der Waals surface area contributed by atoms with E-state index >= 15 is 8.78 Å². The van der Waals surface area contributed by atoms with Crippen molar-refractivity contribution < 1.29 is 30.8 Å². The van der Waals surface area contributed by atoms with Gasteiger partial charge in [-0.05, 0) is 26.0 Å². The molecule has 1 aliphatic heterocycles. The van der Waals surface area contributed by atoms with Crippen LogP contribution in [0.4, 0.5) is 17.6 Å². The van der Waals surface area contributed by atoms with Crippen molar-refractivity contribution in [1.29, 1.82) is 0 Å². The third-order valence-corrected chi connectivity index (χ3v) is 7.85. The second kappa shape index (κ2) is 7.73. The fourth-order valence-electron chi connectivity index (χ4n) is 3.54. The number of carbonyl (C=O) groups excluding carboxylic acids is 1. The van der Waals surface area contributed by atoms with Crippen molar-refractivity contribution in [2.24, 2.45) is 16.1 Å². The Morgan fingerprint density at radius 2 is 1.97 bits per heavy atom. The van der Waals surface area contributed by atoms with Crippen LogP contribution in [0.25, 0.3) is 0 Å². The van der Waals surface area contributed by atoms with Gasteiger partial charge in [-0.1, -0.05) is 11.6 Å². The van der Waals surface area contributed by atoms with Crippen LogP contribution in [0.1, 0.15) is 24.3 Å². The van der Waals surface area contributed by atoms with Crippen LogP contribution >= 0.6 is 11.6 Å². The lowest BCUT2D eigenvalue weighted by Gasteiger charge is -2.48. The average Bonchev–Trinajstić information content (AvgIpc) is 2.68. The van der Waals surface area contributed by atoms with Gasteiger partial charge < -0.3 is 11.1 Å². The second-order valence-electron chi connectivity index (χ2n) is 7.73. The predicted octanol–water partition coefficient (Wildman–Crippen LogP) is 2.35. The molecule has 3 N–H and O–H groups in total. The van der Waals surface area contributed by atoms with E-state index in [4.69, 9.17) is 17.3 Å². The lowest BCUT2D eigenvalue weighted by Crippen LogP contribution is -2.61. The first-order valence-electron chi connectivity index (χ1n) is 9.00. The van der Waals surface area contributed by atoms with Crippen molar-refractivity contribution >= 4 is 33.5 Å². The van der Waals surface area contributed by atoms with E-state index in [9.17, 15) is 22.0 Å². The summed E-state index contributed by atoms with van der Waals surface area (Å²) in [5, 5.41) is 1.87. The molecule has 32 heavy (non-hydrogen) atoms. The lowest BCUT2D eigenvalue weighted by atomic mass is 9.66. The number of aliphatic imine (C=N–C) groups is 1. The van der Waals surface area contributed by atoms with Crippen LogP contribution in [0.5, 0.6) is 0 Å². The van der Waals surface area contributed by atoms with Crippen LogP contribution < -0.4 is 11.1 Å². The number of carbonyl (C=O) groups is 1. The SMILES string of the molecule is CN1C(N)=N[C@](C)(C2(C)C(F)=C(F)C=C(NC(=O)c3ncc(Cl)cc3F)C2F)CS1(=O)=O. The first-order chi connectivity index (χ1) is 14.6. The Balaban J connectivity index is 2.05. The summed E-state index contributed by atoms with van der Waals surface area (Å²) in [6.45, 7) is 2.03. The van der Waals surface area contributed by atoms with Crippen LogP contribution in [0.2, 0.25) is 5.02 Å². The Morgan fingerprint density at radius 3 is 2.53 bits per heavy atom. The molecule has 2 heterocycles. The highest BCUT2D eigenvalue weighted by molar-refractivity contribution is 7.89. The third-order valence-electron chi connectivity index (χ3n) is 5.69. The molecule has 2 unspecified atom stereocenters. The smallest absolute Gasteiger partial charge is 0.277 e. The number of hydrogen-bond donors (Lipinski definition) is 2. The van der Waals surface area contributed by atoms with Crippen molar-refractivity contribution in [3.05, 3.63) is 52.2 Å². The highest BCUT2D eigenvalue weighted by atomic mass is 35.5. The number of pyridine rings is 1. The van der Waals surface area contributed by atoms with Gasteiger partial charge in [0.05, 0.1) is 27.4 Å². The van der Waals surface area contributed by atoms with Crippen molar-refractivity contribution in [2.45, 2.75) is 25.6 Å². The van der Waals surface area contributed by atoms with Gasteiger partial charge in [0.1, 0.15) is 5.83 Å². The first kappa shape index (κ1) is 24.0. The summed E-state index contributed by atoms with van der Waals surface area (Å²) in [5.74, 6) is -7.01. The topological polar surface area (TPSA) is 118 Å². The van der Waals surface area contributed by atoms with Crippen molar-refractivity contribution in [3.8, 4) is 0 Å². The molecule has 0 saturated carbocycles. The molecule has 0 aromatic carbocycles. The lowest BCUT2D eigenvalue weighted by molar-refractivity contribution is 0.0709. The Labute approximate surface area is 185 Å². The Hall–Kier alpha value is -2.67. The van der Waals surface area contributed by atoms with Crippen LogP contribution in [-0.2, 0) is 10.0 Å². The zero-order chi connectivity index (χ0) is 24.2. The number of allylic oxidation sites excluding steroid dienone is 3. The summed E-state index contributed by atoms with van der Waals surface area (Å²) in [5.41, 5.74) is -0.538. The summed E-state index contributed by atoms with van der Waals surface area (Å²) in [4.78, 5) is 19.9. The normalized spacial score (nSPS) is 30.0. The highest BCUT2D eigenvalue weighted by Crippen LogP contribution is 2.53. The van der Waals surface area contributed by atoms with Crippen LogP contribution in [0.15, 0.2) is 40.7 Å². The predicted molar refractivity (Wildman–Crippen MR) is 109 cm³/mol. The average molecular weight is 496 g/mol. The van der Waals surface area contributed by atoms with Gasteiger partial charge in [-0.25, -0.2) is 40.3 Å².